The Morgan fingerprint density at radius 1 is 1.37 bits per heavy atom. The normalized spacial score (nSPS) is 16.3. The highest BCUT2D eigenvalue weighted by atomic mass is 32.1. The summed E-state index contributed by atoms with van der Waals surface area (Å²) in [6, 6.07) is 5.09. The van der Waals surface area contributed by atoms with Gasteiger partial charge in [-0.1, -0.05) is 31.5 Å². The first-order valence-electron chi connectivity index (χ1n) is 6.88. The number of rotatable bonds is 4. The van der Waals surface area contributed by atoms with Crippen LogP contribution in [-0.4, -0.2) is 18.6 Å². The number of thiocarbonyl (C=S) groups is 1. The van der Waals surface area contributed by atoms with Crippen LogP contribution in [0.1, 0.15) is 37.7 Å². The standard InChI is InChI=1S/C15H21FN2S/c1-18(10-11-5-3-2-4-6-11)12-7-8-13(15(17)19)14(16)9-12/h7-9,11H,2-6,10H2,1H3,(H2,17,19). The van der Waals surface area contributed by atoms with Crippen molar-refractivity contribution < 1.29 is 4.39 Å². The summed E-state index contributed by atoms with van der Waals surface area (Å²) in [4.78, 5) is 2.24. The maximum Gasteiger partial charge on any atom is 0.135 e. The lowest BCUT2D eigenvalue weighted by molar-refractivity contribution is 0.362. The van der Waals surface area contributed by atoms with Gasteiger partial charge < -0.3 is 10.6 Å². The first-order valence-corrected chi connectivity index (χ1v) is 7.29. The smallest absolute Gasteiger partial charge is 0.135 e. The van der Waals surface area contributed by atoms with Gasteiger partial charge in [-0.15, -0.1) is 0 Å². The highest BCUT2D eigenvalue weighted by molar-refractivity contribution is 7.80. The van der Waals surface area contributed by atoms with Gasteiger partial charge in [0.1, 0.15) is 10.8 Å². The van der Waals surface area contributed by atoms with Gasteiger partial charge in [-0.3, -0.25) is 0 Å². The van der Waals surface area contributed by atoms with E-state index in [0.717, 1.165) is 18.2 Å². The first-order chi connectivity index (χ1) is 9.08. The van der Waals surface area contributed by atoms with Crippen molar-refractivity contribution in [1.29, 1.82) is 0 Å². The van der Waals surface area contributed by atoms with Gasteiger partial charge in [0.25, 0.3) is 0 Å². The summed E-state index contributed by atoms with van der Waals surface area (Å²) in [5.41, 5.74) is 6.68. The molecule has 0 heterocycles. The van der Waals surface area contributed by atoms with Crippen molar-refractivity contribution >= 4 is 22.9 Å². The van der Waals surface area contributed by atoms with Crippen molar-refractivity contribution in [3.8, 4) is 0 Å². The highest BCUT2D eigenvalue weighted by Crippen LogP contribution is 2.26. The van der Waals surface area contributed by atoms with E-state index in [1.165, 1.54) is 38.2 Å². The Morgan fingerprint density at radius 3 is 2.63 bits per heavy atom. The van der Waals surface area contributed by atoms with Crippen molar-refractivity contribution in [1.82, 2.24) is 0 Å². The molecule has 0 unspecified atom stereocenters. The highest BCUT2D eigenvalue weighted by Gasteiger charge is 2.16. The van der Waals surface area contributed by atoms with Gasteiger partial charge in [0.15, 0.2) is 0 Å². The number of hydrogen-bond acceptors (Lipinski definition) is 2. The maximum absolute atomic E-state index is 13.8. The molecule has 2 rings (SSSR count). The molecule has 1 aromatic carbocycles. The van der Waals surface area contributed by atoms with Crippen LogP contribution in [0, 0.1) is 11.7 Å². The minimum absolute atomic E-state index is 0.110. The van der Waals surface area contributed by atoms with E-state index in [4.69, 9.17) is 18.0 Å². The molecule has 0 spiro atoms. The topological polar surface area (TPSA) is 29.3 Å². The van der Waals surface area contributed by atoms with E-state index in [0.29, 0.717) is 5.56 Å². The molecule has 0 saturated heterocycles. The predicted molar refractivity (Wildman–Crippen MR) is 82.1 cm³/mol. The van der Waals surface area contributed by atoms with Crippen molar-refractivity contribution in [2.75, 3.05) is 18.5 Å². The zero-order valence-corrected chi connectivity index (χ0v) is 12.2. The molecule has 2 N–H and O–H groups in total. The van der Waals surface area contributed by atoms with E-state index in [9.17, 15) is 4.39 Å². The number of nitrogens with zero attached hydrogens (tertiary/aromatic N) is 1. The van der Waals surface area contributed by atoms with Crippen LogP contribution in [0.2, 0.25) is 0 Å². The monoisotopic (exact) mass is 280 g/mol. The molecule has 2 nitrogen and oxygen atoms in total. The maximum atomic E-state index is 13.8. The first kappa shape index (κ1) is 14.3. The molecule has 1 fully saturated rings. The van der Waals surface area contributed by atoms with Gasteiger partial charge in [0.2, 0.25) is 0 Å². The summed E-state index contributed by atoms with van der Waals surface area (Å²) >= 11 is 4.81. The van der Waals surface area contributed by atoms with Gasteiger partial charge >= 0.3 is 0 Å². The number of nitrogens with two attached hydrogens (primary N) is 1. The summed E-state index contributed by atoms with van der Waals surface area (Å²) < 4.78 is 13.8. The summed E-state index contributed by atoms with van der Waals surface area (Å²) in [5, 5.41) is 0. The third-order valence-corrected chi connectivity index (χ3v) is 4.14. The van der Waals surface area contributed by atoms with Crippen LogP contribution in [0.25, 0.3) is 0 Å². The van der Waals surface area contributed by atoms with E-state index in [1.54, 1.807) is 6.07 Å². The second-order valence-electron chi connectivity index (χ2n) is 5.41. The molecule has 0 atom stereocenters. The van der Waals surface area contributed by atoms with Gasteiger partial charge in [-0.2, -0.15) is 0 Å². The van der Waals surface area contributed by atoms with Gasteiger partial charge in [0.05, 0.1) is 0 Å². The molecular weight excluding hydrogens is 259 g/mol. The molecule has 1 aliphatic carbocycles. The Balaban J connectivity index is 2.04. The van der Waals surface area contributed by atoms with Crippen molar-refractivity contribution in [2.45, 2.75) is 32.1 Å². The van der Waals surface area contributed by atoms with Crippen LogP contribution < -0.4 is 10.6 Å². The molecule has 4 heteroatoms. The Bertz CT molecular complexity index is 455. The number of benzene rings is 1. The fraction of sp³-hybridized carbons (Fsp3) is 0.533. The summed E-state index contributed by atoms with van der Waals surface area (Å²) in [7, 11) is 2.02. The van der Waals surface area contributed by atoms with Crippen LogP contribution in [0.4, 0.5) is 10.1 Å². The zero-order valence-electron chi connectivity index (χ0n) is 11.4. The van der Waals surface area contributed by atoms with Crippen LogP contribution >= 0.6 is 12.2 Å². The van der Waals surface area contributed by atoms with E-state index < -0.39 is 0 Å². The average Bonchev–Trinajstić information content (AvgIpc) is 2.39. The van der Waals surface area contributed by atoms with E-state index in [-0.39, 0.29) is 10.8 Å². The molecule has 0 bridgehead atoms. The fourth-order valence-corrected chi connectivity index (χ4v) is 2.97. The fourth-order valence-electron chi connectivity index (χ4n) is 2.80. The number of halogens is 1. The quantitative estimate of drug-likeness (QED) is 0.856. The van der Waals surface area contributed by atoms with Gasteiger partial charge in [0, 0.05) is 24.8 Å². The zero-order chi connectivity index (χ0) is 13.8. The minimum atomic E-state index is -0.333. The van der Waals surface area contributed by atoms with E-state index in [2.05, 4.69) is 4.90 Å². The molecule has 104 valence electrons. The Kier molecular flexibility index (Phi) is 4.75. The minimum Gasteiger partial charge on any atom is -0.389 e. The van der Waals surface area contributed by atoms with Gasteiger partial charge in [-0.25, -0.2) is 4.39 Å². The summed E-state index contributed by atoms with van der Waals surface area (Å²) in [6.45, 7) is 0.992. The van der Waals surface area contributed by atoms with Gasteiger partial charge in [-0.05, 0) is 37.0 Å². The largest absolute Gasteiger partial charge is 0.389 e. The van der Waals surface area contributed by atoms with Crippen LogP contribution in [-0.2, 0) is 0 Å². The molecule has 1 saturated carbocycles. The van der Waals surface area contributed by atoms with E-state index >= 15 is 0 Å². The number of anilines is 1. The summed E-state index contributed by atoms with van der Waals surface area (Å²) in [6.07, 6.45) is 6.59. The van der Waals surface area contributed by atoms with Crippen molar-refractivity contribution in [3.63, 3.8) is 0 Å². The molecule has 19 heavy (non-hydrogen) atoms. The molecule has 0 radical (unpaired) electrons. The van der Waals surface area contributed by atoms with E-state index in [1.807, 2.05) is 13.1 Å². The third-order valence-electron chi connectivity index (χ3n) is 3.92. The Hall–Kier alpha value is -1.16. The van der Waals surface area contributed by atoms with Crippen LogP contribution in [0.3, 0.4) is 0 Å². The average molecular weight is 280 g/mol. The molecule has 1 aromatic rings. The SMILES string of the molecule is CN(CC1CCCCC1)c1ccc(C(N)=S)c(F)c1. The lowest BCUT2D eigenvalue weighted by Crippen LogP contribution is -2.27. The second-order valence-corrected chi connectivity index (χ2v) is 5.85. The third kappa shape index (κ3) is 3.66. The summed E-state index contributed by atoms with van der Waals surface area (Å²) in [5.74, 6) is 0.401. The molecular formula is C15H21FN2S. The van der Waals surface area contributed by atoms with Crippen molar-refractivity contribution in [2.24, 2.45) is 11.7 Å². The lowest BCUT2D eigenvalue weighted by atomic mass is 9.89. The molecule has 0 aliphatic heterocycles. The van der Waals surface area contributed by atoms with Crippen LogP contribution in [0.15, 0.2) is 18.2 Å². The Labute approximate surface area is 119 Å². The Morgan fingerprint density at radius 2 is 2.05 bits per heavy atom. The molecule has 0 aromatic heterocycles. The predicted octanol–water partition coefficient (Wildman–Crippen LogP) is 3.48. The molecule has 0 amide bonds. The number of hydrogen-bond donors (Lipinski definition) is 1. The second kappa shape index (κ2) is 6.33. The lowest BCUT2D eigenvalue weighted by Gasteiger charge is -2.28. The van der Waals surface area contributed by atoms with Crippen LogP contribution in [0.5, 0.6) is 0 Å². The van der Waals surface area contributed by atoms with Crippen molar-refractivity contribution in [3.05, 3.63) is 29.6 Å². The molecule has 1 aliphatic rings.